The lowest BCUT2D eigenvalue weighted by atomic mass is 9.99. The van der Waals surface area contributed by atoms with Gasteiger partial charge in [0.25, 0.3) is 5.91 Å². The summed E-state index contributed by atoms with van der Waals surface area (Å²) < 4.78 is 10.8. The number of ether oxygens (including phenoxy) is 2. The van der Waals surface area contributed by atoms with Crippen molar-refractivity contribution in [2.24, 2.45) is 0 Å². The van der Waals surface area contributed by atoms with E-state index in [-0.39, 0.29) is 18.2 Å². The second-order valence-electron chi connectivity index (χ2n) is 4.70. The Kier molecular flexibility index (Phi) is 5.75. The number of carbonyl (C=O) groups excluding carboxylic acids is 2. The van der Waals surface area contributed by atoms with Crippen molar-refractivity contribution in [2.75, 3.05) is 19.8 Å². The quantitative estimate of drug-likeness (QED) is 0.537. The van der Waals surface area contributed by atoms with E-state index in [2.05, 4.69) is 5.32 Å². The van der Waals surface area contributed by atoms with Crippen LogP contribution in [0.25, 0.3) is 0 Å². The van der Waals surface area contributed by atoms with Crippen LogP contribution in [0.1, 0.15) is 40.5 Å². The van der Waals surface area contributed by atoms with Crippen molar-refractivity contribution in [3.8, 4) is 0 Å². The van der Waals surface area contributed by atoms with Gasteiger partial charge in [0, 0.05) is 26.2 Å². The van der Waals surface area contributed by atoms with Crippen LogP contribution in [0, 0.1) is 0 Å². The largest absolute Gasteiger partial charge is 0.353 e. The van der Waals surface area contributed by atoms with Crippen LogP contribution < -0.4 is 5.32 Å². The summed E-state index contributed by atoms with van der Waals surface area (Å²) in [5.41, 5.74) is -0.774. The molecule has 1 aliphatic heterocycles. The van der Waals surface area contributed by atoms with E-state index in [0.29, 0.717) is 32.6 Å². The normalized spacial score (nSPS) is 23.3. The molecule has 1 aliphatic rings. The highest BCUT2D eigenvalue weighted by Gasteiger charge is 2.46. The van der Waals surface area contributed by atoms with Gasteiger partial charge in [-0.1, -0.05) is 6.92 Å². The molecule has 0 aromatic heterocycles. The fourth-order valence-corrected chi connectivity index (χ4v) is 2.01. The van der Waals surface area contributed by atoms with Crippen molar-refractivity contribution in [1.82, 2.24) is 10.2 Å². The summed E-state index contributed by atoms with van der Waals surface area (Å²) in [4.78, 5) is 25.2. The second kappa shape index (κ2) is 6.86. The van der Waals surface area contributed by atoms with E-state index in [9.17, 15) is 9.59 Å². The molecule has 6 nitrogen and oxygen atoms in total. The molecule has 1 saturated heterocycles. The Hall–Kier alpha value is -1.14. The fraction of sp³-hybridized carbons (Fsp3) is 0.846. The zero-order valence-electron chi connectivity index (χ0n) is 12.2. The highest BCUT2D eigenvalue weighted by Crippen LogP contribution is 2.21. The molecule has 1 fully saturated rings. The summed E-state index contributed by atoms with van der Waals surface area (Å²) in [7, 11) is 0. The monoisotopic (exact) mass is 272 g/mol. The van der Waals surface area contributed by atoms with Crippen molar-refractivity contribution in [1.29, 1.82) is 0 Å². The first-order valence-corrected chi connectivity index (χ1v) is 6.85. The first kappa shape index (κ1) is 15.9. The number of hydrogen-bond donors (Lipinski definition) is 1. The number of carbonyl (C=O) groups is 2. The lowest BCUT2D eigenvalue weighted by Crippen LogP contribution is -2.43. The smallest absolute Gasteiger partial charge is 0.325 e. The van der Waals surface area contributed by atoms with Gasteiger partial charge in [0.15, 0.2) is 6.29 Å². The summed E-state index contributed by atoms with van der Waals surface area (Å²) in [6.45, 7) is 8.78. The zero-order chi connectivity index (χ0) is 14.5. The van der Waals surface area contributed by atoms with Crippen molar-refractivity contribution in [3.05, 3.63) is 0 Å². The first-order valence-electron chi connectivity index (χ1n) is 6.85. The standard InChI is InChI=1S/C13H24N2O4/c1-5-13(4)11(16)15(12(17)14-13)9-8-10(18-6-2)19-7-3/h10H,5-9H2,1-4H3,(H,14,17). The summed E-state index contributed by atoms with van der Waals surface area (Å²) in [5.74, 6) is -0.174. The highest BCUT2D eigenvalue weighted by atomic mass is 16.7. The van der Waals surface area contributed by atoms with E-state index in [4.69, 9.17) is 9.47 Å². The number of nitrogens with one attached hydrogen (secondary N) is 1. The predicted octanol–water partition coefficient (Wildman–Crippen LogP) is 1.50. The maximum Gasteiger partial charge on any atom is 0.325 e. The van der Waals surface area contributed by atoms with Crippen molar-refractivity contribution >= 4 is 11.9 Å². The Morgan fingerprint density at radius 2 is 1.79 bits per heavy atom. The number of hydrogen-bond acceptors (Lipinski definition) is 4. The van der Waals surface area contributed by atoms with Crippen molar-refractivity contribution in [3.63, 3.8) is 0 Å². The van der Waals surface area contributed by atoms with E-state index in [1.165, 1.54) is 4.90 Å². The lowest BCUT2D eigenvalue weighted by molar-refractivity contribution is -0.144. The molecule has 1 atom stereocenters. The maximum absolute atomic E-state index is 12.2. The molecular formula is C13H24N2O4. The average molecular weight is 272 g/mol. The van der Waals surface area contributed by atoms with Crippen molar-refractivity contribution in [2.45, 2.75) is 52.4 Å². The molecule has 0 spiro atoms. The van der Waals surface area contributed by atoms with Gasteiger partial charge in [-0.15, -0.1) is 0 Å². The number of urea groups is 1. The molecule has 0 aromatic carbocycles. The third-order valence-corrected chi connectivity index (χ3v) is 3.35. The first-order chi connectivity index (χ1) is 8.98. The summed E-state index contributed by atoms with van der Waals surface area (Å²) in [5, 5.41) is 2.72. The molecule has 0 radical (unpaired) electrons. The third-order valence-electron chi connectivity index (χ3n) is 3.35. The predicted molar refractivity (Wildman–Crippen MR) is 70.6 cm³/mol. The number of nitrogens with zero attached hydrogens (tertiary/aromatic N) is 1. The molecule has 110 valence electrons. The molecule has 1 rings (SSSR count). The Balaban J connectivity index is 2.57. The Morgan fingerprint density at radius 3 is 2.21 bits per heavy atom. The molecule has 1 unspecified atom stereocenters. The van der Waals surface area contributed by atoms with E-state index in [1.807, 2.05) is 20.8 Å². The van der Waals surface area contributed by atoms with Crippen molar-refractivity contribution < 1.29 is 19.1 Å². The molecule has 0 saturated carbocycles. The number of amides is 3. The van der Waals surface area contributed by atoms with Crippen LogP contribution in [0.3, 0.4) is 0 Å². The fourth-order valence-electron chi connectivity index (χ4n) is 2.01. The minimum absolute atomic E-state index is 0.174. The van der Waals surface area contributed by atoms with Gasteiger partial charge in [-0.3, -0.25) is 9.69 Å². The molecule has 0 aromatic rings. The van der Waals surface area contributed by atoms with Gasteiger partial charge in [0.05, 0.1) is 0 Å². The van der Waals surface area contributed by atoms with Gasteiger partial charge in [0.1, 0.15) is 5.54 Å². The Bertz CT molecular complexity index is 329. The van der Waals surface area contributed by atoms with Gasteiger partial charge >= 0.3 is 6.03 Å². The Morgan fingerprint density at radius 1 is 1.21 bits per heavy atom. The van der Waals surface area contributed by atoms with Crippen LogP contribution in [-0.4, -0.2) is 48.4 Å². The third kappa shape index (κ3) is 3.67. The van der Waals surface area contributed by atoms with Gasteiger partial charge in [-0.25, -0.2) is 4.79 Å². The van der Waals surface area contributed by atoms with Crippen LogP contribution in [-0.2, 0) is 14.3 Å². The minimum atomic E-state index is -0.774. The molecule has 6 heteroatoms. The molecule has 1 N–H and O–H groups in total. The molecule has 0 bridgehead atoms. The topological polar surface area (TPSA) is 67.9 Å². The summed E-state index contributed by atoms with van der Waals surface area (Å²) in [6.07, 6.45) is 0.693. The van der Waals surface area contributed by atoms with Gasteiger partial charge < -0.3 is 14.8 Å². The van der Waals surface area contributed by atoms with E-state index < -0.39 is 5.54 Å². The van der Waals surface area contributed by atoms with E-state index in [0.717, 1.165) is 0 Å². The SMILES string of the molecule is CCOC(CCN1C(=O)NC(C)(CC)C1=O)OCC. The Labute approximate surface area is 114 Å². The lowest BCUT2D eigenvalue weighted by Gasteiger charge is -2.21. The van der Waals surface area contributed by atoms with Crippen LogP contribution in [0.2, 0.25) is 0 Å². The van der Waals surface area contributed by atoms with E-state index >= 15 is 0 Å². The molecule has 1 heterocycles. The second-order valence-corrected chi connectivity index (χ2v) is 4.70. The maximum atomic E-state index is 12.2. The minimum Gasteiger partial charge on any atom is -0.353 e. The number of rotatable bonds is 8. The van der Waals surface area contributed by atoms with E-state index in [1.54, 1.807) is 6.92 Å². The zero-order valence-corrected chi connectivity index (χ0v) is 12.2. The van der Waals surface area contributed by atoms with Gasteiger partial charge in [-0.05, 0) is 27.2 Å². The summed E-state index contributed by atoms with van der Waals surface area (Å²) >= 11 is 0. The summed E-state index contributed by atoms with van der Waals surface area (Å²) in [6, 6.07) is -0.332. The molecule has 19 heavy (non-hydrogen) atoms. The van der Waals surface area contributed by atoms with Crippen LogP contribution in [0.15, 0.2) is 0 Å². The average Bonchev–Trinajstić information content (AvgIpc) is 2.59. The molecule has 3 amide bonds. The number of imide groups is 1. The van der Waals surface area contributed by atoms with Gasteiger partial charge in [-0.2, -0.15) is 0 Å². The van der Waals surface area contributed by atoms with Crippen LogP contribution in [0.5, 0.6) is 0 Å². The van der Waals surface area contributed by atoms with Gasteiger partial charge in [0.2, 0.25) is 0 Å². The molecule has 0 aliphatic carbocycles. The van der Waals surface area contributed by atoms with Crippen LogP contribution >= 0.6 is 0 Å². The van der Waals surface area contributed by atoms with Crippen LogP contribution in [0.4, 0.5) is 4.79 Å². The molecular weight excluding hydrogens is 248 g/mol. The highest BCUT2D eigenvalue weighted by molar-refractivity contribution is 6.06.